The highest BCUT2D eigenvalue weighted by atomic mass is 19.1. The number of anilines is 4. The van der Waals surface area contributed by atoms with Crippen molar-refractivity contribution < 1.29 is 26.7 Å². The number of hydrogen-bond acceptors (Lipinski definition) is 17. The second-order valence-corrected chi connectivity index (χ2v) is 24.9. The zero-order valence-electron chi connectivity index (χ0n) is 58.3. The Kier molecular flexibility index (Phi) is 28.5. The van der Waals surface area contributed by atoms with Gasteiger partial charge in [0.05, 0.1) is 22.4 Å². The predicted molar refractivity (Wildman–Crippen MR) is 403 cm³/mol. The molecule has 0 unspecified atom stereocenters. The number of aryl methyl sites for hydroxylation is 2. The number of rotatable bonds is 29. The fourth-order valence-corrected chi connectivity index (χ4v) is 11.3. The number of amidine groups is 2. The number of aromatic amines is 3. The number of urea groups is 1. The van der Waals surface area contributed by atoms with E-state index in [0.29, 0.717) is 127 Å². The molecule has 31 heteroatoms. The van der Waals surface area contributed by atoms with Crippen molar-refractivity contribution in [2.24, 2.45) is 49.4 Å². The van der Waals surface area contributed by atoms with Crippen molar-refractivity contribution in [3.8, 4) is 33.4 Å². The van der Waals surface area contributed by atoms with Crippen LogP contribution in [0.25, 0.3) is 33.4 Å². The van der Waals surface area contributed by atoms with Gasteiger partial charge >= 0.3 is 6.03 Å². The van der Waals surface area contributed by atoms with Gasteiger partial charge < -0.3 is 55.7 Å². The molecule has 0 aliphatic carbocycles. The summed E-state index contributed by atoms with van der Waals surface area (Å²) < 4.78 is 70.9. The SMILES string of the molecule is Cc1cc(NC(=O)Nc2ncc(-c3ccc(CNCCCN=C(N)N)cc3)c(=O)[nH]2)c(F)cc1F.Cc1cc2c(cc1F)CC(=Nc1ncc(-c3ccc(CN(CCCN)CCCN)c(F)c3)c(=O)[nH]1)N2.NCCCN(CCCN)Cc1ccc(-c2cnc(N=C3Cc4ccccc4N3)[nH]c2=O)cc1F. The fraction of sp³-hybridized carbons (Fsp3) is 0.297. The lowest BCUT2D eigenvalue weighted by Gasteiger charge is -2.22. The Labute approximate surface area is 602 Å². The van der Waals surface area contributed by atoms with E-state index in [1.165, 1.54) is 43.7 Å². The summed E-state index contributed by atoms with van der Waals surface area (Å²) in [6.45, 7) is 11.4. The van der Waals surface area contributed by atoms with Gasteiger partial charge in [0.2, 0.25) is 17.8 Å². The molecule has 552 valence electrons. The summed E-state index contributed by atoms with van der Waals surface area (Å²) >= 11 is 0. The van der Waals surface area contributed by atoms with Gasteiger partial charge in [0, 0.05) is 86.2 Å². The number of H-pyrrole nitrogens is 3. The molecule has 0 saturated heterocycles. The number of carbonyl (C=O) groups is 1. The lowest BCUT2D eigenvalue weighted by atomic mass is 10.1. The van der Waals surface area contributed by atoms with Crippen molar-refractivity contribution in [1.29, 1.82) is 0 Å². The third-order valence-electron chi connectivity index (χ3n) is 16.9. The van der Waals surface area contributed by atoms with E-state index in [1.54, 1.807) is 49.4 Å². The highest BCUT2D eigenvalue weighted by Gasteiger charge is 2.22. The van der Waals surface area contributed by atoms with Crippen molar-refractivity contribution in [3.63, 3.8) is 0 Å². The first kappa shape index (κ1) is 78.0. The minimum absolute atomic E-state index is 0.0765. The first-order valence-corrected chi connectivity index (χ1v) is 34.2. The maximum atomic E-state index is 14.9. The molecule has 3 aromatic heterocycles. The minimum Gasteiger partial charge on any atom is -0.370 e. The summed E-state index contributed by atoms with van der Waals surface area (Å²) in [5.41, 5.74) is 40.5. The van der Waals surface area contributed by atoms with Crippen LogP contribution in [0.2, 0.25) is 0 Å². The molecule has 0 fully saturated rings. The number of guanidine groups is 1. The zero-order chi connectivity index (χ0) is 74.9. The third-order valence-corrected chi connectivity index (χ3v) is 16.9. The second-order valence-electron chi connectivity index (χ2n) is 24.9. The third kappa shape index (κ3) is 22.7. The number of aliphatic imine (C=N–C) groups is 3. The number of amides is 2. The van der Waals surface area contributed by atoms with Crippen LogP contribution in [0.5, 0.6) is 0 Å². The zero-order valence-corrected chi connectivity index (χ0v) is 58.3. The number of nitrogens with one attached hydrogen (secondary N) is 8. The van der Waals surface area contributed by atoms with Crippen molar-refractivity contribution >= 4 is 58.6 Å². The number of benzene rings is 6. The molecule has 11 rings (SSSR count). The first-order valence-electron chi connectivity index (χ1n) is 34.2. The predicted octanol–water partition coefficient (Wildman–Crippen LogP) is 8.42. The van der Waals surface area contributed by atoms with E-state index in [0.717, 1.165) is 99.0 Å². The average molecular weight is 1440 g/mol. The molecule has 2 aliphatic rings. The minimum atomic E-state index is -0.926. The van der Waals surface area contributed by atoms with Crippen LogP contribution >= 0.6 is 0 Å². The molecule has 0 saturated carbocycles. The lowest BCUT2D eigenvalue weighted by Crippen LogP contribution is -2.28. The Balaban J connectivity index is 0.000000182. The summed E-state index contributed by atoms with van der Waals surface area (Å²) in [4.78, 5) is 87.4. The van der Waals surface area contributed by atoms with E-state index in [9.17, 15) is 41.1 Å². The average Bonchev–Trinajstić information content (AvgIpc) is 1.76. The van der Waals surface area contributed by atoms with E-state index in [1.807, 2.05) is 36.4 Å². The molecule has 9 aromatic rings. The maximum Gasteiger partial charge on any atom is 0.326 e. The summed E-state index contributed by atoms with van der Waals surface area (Å²) in [5, 5.41) is 14.2. The van der Waals surface area contributed by atoms with E-state index < -0.39 is 34.6 Å². The van der Waals surface area contributed by atoms with E-state index in [4.69, 9.17) is 34.4 Å². The Morgan fingerprint density at radius 3 is 1.54 bits per heavy atom. The van der Waals surface area contributed by atoms with Crippen molar-refractivity contribution in [2.75, 3.05) is 86.7 Å². The molecule has 20 N–H and O–H groups in total. The Bertz CT molecular complexity index is 4680. The van der Waals surface area contributed by atoms with Crippen LogP contribution in [-0.2, 0) is 32.5 Å². The monoisotopic (exact) mass is 1440 g/mol. The maximum absolute atomic E-state index is 14.9. The molecule has 0 bridgehead atoms. The van der Waals surface area contributed by atoms with Gasteiger partial charge in [0.1, 0.15) is 40.8 Å². The Morgan fingerprint density at radius 1 is 0.524 bits per heavy atom. The van der Waals surface area contributed by atoms with Gasteiger partial charge in [-0.1, -0.05) is 66.7 Å². The summed E-state index contributed by atoms with van der Waals surface area (Å²) in [7, 11) is 0. The van der Waals surface area contributed by atoms with Gasteiger partial charge in [-0.2, -0.15) is 9.98 Å². The number of para-hydroxylation sites is 1. The highest BCUT2D eigenvalue weighted by Crippen LogP contribution is 2.29. The van der Waals surface area contributed by atoms with E-state index in [-0.39, 0.29) is 57.8 Å². The van der Waals surface area contributed by atoms with Crippen LogP contribution < -0.4 is 77.7 Å². The van der Waals surface area contributed by atoms with Crippen LogP contribution in [0.1, 0.15) is 71.0 Å². The fourth-order valence-electron chi connectivity index (χ4n) is 11.3. The number of nitrogens with two attached hydrogens (primary N) is 6. The number of hydrogen-bond donors (Lipinski definition) is 14. The van der Waals surface area contributed by atoms with Gasteiger partial charge in [-0.3, -0.25) is 49.4 Å². The van der Waals surface area contributed by atoms with E-state index in [2.05, 4.69) is 81.3 Å². The van der Waals surface area contributed by atoms with Crippen molar-refractivity contribution in [2.45, 2.75) is 78.4 Å². The van der Waals surface area contributed by atoms with Crippen LogP contribution in [-0.4, -0.2) is 129 Å². The molecule has 2 aliphatic heterocycles. The van der Waals surface area contributed by atoms with Gasteiger partial charge in [0.15, 0.2) is 5.96 Å². The molecular weight excluding hydrogens is 1360 g/mol. The standard InChI is InChI=1S/C26H31F2N7O.C25H30FN7O.C23H26F2N8O2/c1-16-10-23-19(12-21(16)27)13-24(32-23)33-26-31-14-20(25(36)34-26)17-4-5-18(22(28)11-17)15-35(8-2-6-29)9-3-7-30;26-21-13-17(7-8-19(21)16-33(11-3-9-27)12-4-10-28)20-15-29-25(32-24(20)34)31-23-14-18-5-1-2-6-22(18)30-23;1-13-9-19(18(25)10-17(13)24)31-23(35)33-22-30-12-16(20(34)32-22)15-5-3-14(4-6-15)11-28-7-2-8-29-21(26)27/h4-5,10-12,14H,2-3,6-9,13,15,29-30H2,1H3,(H2,31,32,33,34,36);1-2,5-8,13,15H,3-4,9-12,14,16,27-28H2,(H2,29,30,31,32,34);3-6,9-10,12,28H,2,7-8,11H2,1H3,(H4,26,27,29)(H3,30,31,32,33,34,35). The number of fused-ring (bicyclic) bond motifs is 2. The number of halogens is 5. The smallest absolute Gasteiger partial charge is 0.326 e. The van der Waals surface area contributed by atoms with Gasteiger partial charge in [-0.05, 0) is 186 Å². The number of carbonyl (C=O) groups excluding carboxylic acids is 1. The summed E-state index contributed by atoms with van der Waals surface area (Å²) in [5.74, 6) is -1.15. The molecule has 0 radical (unpaired) electrons. The largest absolute Gasteiger partial charge is 0.370 e. The molecule has 105 heavy (non-hydrogen) atoms. The normalized spacial score (nSPS) is 12.8. The van der Waals surface area contributed by atoms with Gasteiger partial charge in [-0.25, -0.2) is 41.7 Å². The Hall–Kier alpha value is -11.2. The molecule has 2 amide bonds. The van der Waals surface area contributed by atoms with Gasteiger partial charge in [0.25, 0.3) is 16.7 Å². The topological polar surface area (TPSA) is 414 Å². The Morgan fingerprint density at radius 2 is 1.02 bits per heavy atom. The van der Waals surface area contributed by atoms with Crippen LogP contribution in [0.3, 0.4) is 0 Å². The van der Waals surface area contributed by atoms with Gasteiger partial charge in [-0.15, -0.1) is 0 Å². The highest BCUT2D eigenvalue weighted by molar-refractivity contribution is 6.05. The molecule has 0 spiro atoms. The van der Waals surface area contributed by atoms with Crippen molar-refractivity contribution in [1.82, 2.24) is 45.0 Å². The van der Waals surface area contributed by atoms with Crippen LogP contribution in [0.4, 0.5) is 61.7 Å². The number of nitrogens with zero attached hydrogens (tertiary/aromatic N) is 8. The molecule has 6 aromatic carbocycles. The number of aromatic nitrogens is 6. The summed E-state index contributed by atoms with van der Waals surface area (Å²) in [6, 6.07) is 29.1. The van der Waals surface area contributed by atoms with Crippen LogP contribution in [0, 0.1) is 42.9 Å². The lowest BCUT2D eigenvalue weighted by molar-refractivity contribution is 0.258. The van der Waals surface area contributed by atoms with E-state index >= 15 is 0 Å². The molecule has 26 nitrogen and oxygen atoms in total. The second kappa shape index (κ2) is 38.4. The quantitative estimate of drug-likeness (QED) is 0.00905. The van der Waals surface area contributed by atoms with Crippen LogP contribution in [0.15, 0.2) is 157 Å². The first-order chi connectivity index (χ1) is 50.7. The molecule has 0 atom stereocenters. The molecule has 5 heterocycles. The molecular formula is C74H87F5N22O4. The van der Waals surface area contributed by atoms with Crippen molar-refractivity contribution in [3.05, 3.63) is 227 Å². The summed E-state index contributed by atoms with van der Waals surface area (Å²) in [6.07, 6.45) is 9.30.